The lowest BCUT2D eigenvalue weighted by Gasteiger charge is -2.44. The van der Waals surface area contributed by atoms with Gasteiger partial charge in [0, 0.05) is 24.6 Å². The molecule has 0 radical (unpaired) electrons. The van der Waals surface area contributed by atoms with E-state index in [0.717, 1.165) is 11.8 Å². The number of hydrogen-bond acceptors (Lipinski definition) is 4. The summed E-state index contributed by atoms with van der Waals surface area (Å²) in [7, 11) is -2.26. The molecule has 0 saturated heterocycles. The fourth-order valence-electron chi connectivity index (χ4n) is 5.99. The molecule has 2 unspecified atom stereocenters. The Hall–Kier alpha value is -2.12. The van der Waals surface area contributed by atoms with Crippen molar-refractivity contribution in [1.82, 2.24) is 4.98 Å². The number of nitrogens with zero attached hydrogens (tertiary/aromatic N) is 1. The van der Waals surface area contributed by atoms with Gasteiger partial charge >= 0.3 is 5.97 Å². The van der Waals surface area contributed by atoms with Crippen LogP contribution in [0.5, 0.6) is 0 Å². The molecule has 1 aliphatic carbocycles. The Morgan fingerprint density at radius 1 is 0.971 bits per heavy atom. The second-order valence-corrected chi connectivity index (χ2v) is 15.7. The minimum absolute atomic E-state index is 0.210. The Morgan fingerprint density at radius 2 is 1.59 bits per heavy atom. The molecule has 1 heterocycles. The van der Waals surface area contributed by atoms with Gasteiger partial charge < -0.3 is 9.16 Å². The Labute approximate surface area is 203 Å². The zero-order valence-electron chi connectivity index (χ0n) is 21.3. The summed E-state index contributed by atoms with van der Waals surface area (Å²) in [5, 5.41) is 0. The van der Waals surface area contributed by atoms with Crippen LogP contribution >= 0.6 is 0 Å². The summed E-state index contributed by atoms with van der Waals surface area (Å²) in [4.78, 5) is 16.8. The van der Waals surface area contributed by atoms with Gasteiger partial charge in [0.2, 0.25) is 8.32 Å². The predicted molar refractivity (Wildman–Crippen MR) is 132 cm³/mol. The number of pyridine rings is 1. The Balaban J connectivity index is 2.15. The molecular weight excluding hydrogens is 452 g/mol. The molecule has 1 aliphatic rings. The topological polar surface area (TPSA) is 48.4 Å². The van der Waals surface area contributed by atoms with Crippen molar-refractivity contribution in [2.45, 2.75) is 96.1 Å². The van der Waals surface area contributed by atoms with Crippen molar-refractivity contribution < 1.29 is 22.7 Å². The maximum atomic E-state index is 14.9. The number of carbonyl (C=O) groups is 1. The number of hydrogen-bond donors (Lipinski definition) is 0. The minimum atomic E-state index is -2.26. The Bertz CT molecular complexity index is 989. The summed E-state index contributed by atoms with van der Waals surface area (Å²) in [6.07, 6.45) is 1.67. The molecule has 3 rings (SSSR count). The van der Waals surface area contributed by atoms with Crippen molar-refractivity contribution in [3.8, 4) is 0 Å². The maximum Gasteiger partial charge on any atom is 0.303 e. The normalized spacial score (nSPS) is 21.0. The second-order valence-electron chi connectivity index (χ2n) is 10.3. The average molecular weight is 490 g/mol. The van der Waals surface area contributed by atoms with E-state index in [-0.39, 0.29) is 11.7 Å². The first-order valence-corrected chi connectivity index (χ1v) is 14.4. The van der Waals surface area contributed by atoms with E-state index in [1.165, 1.54) is 13.0 Å². The van der Waals surface area contributed by atoms with Gasteiger partial charge in [-0.2, -0.15) is 0 Å². The molecule has 3 atom stereocenters. The smallest absolute Gasteiger partial charge is 0.303 e. The third kappa shape index (κ3) is 4.96. The Morgan fingerprint density at radius 3 is 2.18 bits per heavy atom. The highest BCUT2D eigenvalue weighted by Crippen LogP contribution is 2.50. The van der Waals surface area contributed by atoms with E-state index < -0.39 is 37.9 Å². The predicted octanol–water partition coefficient (Wildman–Crippen LogP) is 7.77. The first-order chi connectivity index (χ1) is 16.0. The first-order valence-electron chi connectivity index (χ1n) is 12.2. The lowest BCUT2D eigenvalue weighted by Crippen LogP contribution is -2.48. The molecule has 0 spiro atoms. The van der Waals surface area contributed by atoms with Crippen molar-refractivity contribution >= 4 is 14.3 Å². The molecule has 34 heavy (non-hydrogen) atoms. The van der Waals surface area contributed by atoms with Crippen LogP contribution in [0, 0.1) is 11.6 Å². The largest absolute Gasteiger partial charge is 0.457 e. The minimum Gasteiger partial charge on any atom is -0.457 e. The zero-order valence-corrected chi connectivity index (χ0v) is 22.3. The fraction of sp³-hybridized carbons (Fsp3) is 0.556. The maximum absolute atomic E-state index is 14.9. The molecule has 0 amide bonds. The third-order valence-corrected chi connectivity index (χ3v) is 13.4. The number of ether oxygens (including phenoxy) is 1. The van der Waals surface area contributed by atoms with Crippen LogP contribution in [0.25, 0.3) is 0 Å². The van der Waals surface area contributed by atoms with Crippen LogP contribution in [0.1, 0.15) is 96.3 Å². The van der Waals surface area contributed by atoms with Crippen LogP contribution in [0.3, 0.4) is 0 Å². The number of aromatic nitrogens is 1. The van der Waals surface area contributed by atoms with Gasteiger partial charge in [0.1, 0.15) is 6.10 Å². The summed E-state index contributed by atoms with van der Waals surface area (Å²) in [6.45, 7) is 14.7. The van der Waals surface area contributed by atoms with Crippen LogP contribution in [-0.2, 0) is 14.0 Å². The van der Waals surface area contributed by atoms with Gasteiger partial charge in [0.15, 0.2) is 11.6 Å². The van der Waals surface area contributed by atoms with Crippen LogP contribution in [0.4, 0.5) is 8.78 Å². The van der Waals surface area contributed by atoms with Crippen LogP contribution in [-0.4, -0.2) is 19.3 Å². The van der Waals surface area contributed by atoms with Crippen molar-refractivity contribution in [2.24, 2.45) is 0 Å². The first kappa shape index (κ1) is 26.5. The van der Waals surface area contributed by atoms with Crippen LogP contribution in [0.2, 0.25) is 16.6 Å². The van der Waals surface area contributed by atoms with Crippen LogP contribution < -0.4 is 0 Å². The molecule has 7 heteroatoms. The zero-order chi connectivity index (χ0) is 25.2. The number of fused-ring (bicyclic) bond motifs is 1. The molecule has 0 bridgehead atoms. The molecule has 186 valence electrons. The molecule has 4 nitrogen and oxygen atoms in total. The van der Waals surface area contributed by atoms with Gasteiger partial charge in [-0.25, -0.2) is 8.78 Å². The summed E-state index contributed by atoms with van der Waals surface area (Å²) < 4.78 is 42.0. The molecule has 0 fully saturated rings. The summed E-state index contributed by atoms with van der Waals surface area (Å²) >= 11 is 0. The average Bonchev–Trinajstić information content (AvgIpc) is 2.90. The lowest BCUT2D eigenvalue weighted by molar-refractivity contribution is -0.148. The van der Waals surface area contributed by atoms with Gasteiger partial charge in [-0.3, -0.25) is 9.78 Å². The van der Waals surface area contributed by atoms with Gasteiger partial charge in [-0.1, -0.05) is 59.7 Å². The van der Waals surface area contributed by atoms with Gasteiger partial charge in [0.05, 0.1) is 11.8 Å². The number of halogens is 2. The third-order valence-electron chi connectivity index (χ3n) is 7.32. The molecule has 2 aromatic rings. The number of esters is 1. The molecule has 0 aliphatic heterocycles. The SMILES string of the molecule is CC(=O)OC1c2cccnc2[C@H](O[Si](C(C)C)(C(C)C)C(C)C)CCC1c1cccc(F)c1F. The van der Waals surface area contributed by atoms with Gasteiger partial charge in [-0.15, -0.1) is 0 Å². The number of benzene rings is 1. The van der Waals surface area contributed by atoms with Gasteiger partial charge in [-0.05, 0) is 47.2 Å². The van der Waals surface area contributed by atoms with Crippen molar-refractivity contribution in [3.05, 3.63) is 65.0 Å². The highest BCUT2D eigenvalue weighted by Gasteiger charge is 2.48. The molecule has 1 aromatic carbocycles. The van der Waals surface area contributed by atoms with Crippen LogP contribution in [0.15, 0.2) is 36.5 Å². The van der Waals surface area contributed by atoms with Crippen molar-refractivity contribution in [3.63, 3.8) is 0 Å². The molecule has 0 saturated carbocycles. The monoisotopic (exact) mass is 489 g/mol. The molecular formula is C27H37F2NO3Si. The van der Waals surface area contributed by atoms with E-state index in [9.17, 15) is 13.6 Å². The summed E-state index contributed by atoms with van der Waals surface area (Å²) in [5.74, 6) is -2.83. The van der Waals surface area contributed by atoms with E-state index in [0.29, 0.717) is 35.0 Å². The molecule has 1 aromatic heterocycles. The quantitative estimate of drug-likeness (QED) is 0.226. The van der Waals surface area contributed by atoms with Gasteiger partial charge in [0.25, 0.3) is 0 Å². The highest BCUT2D eigenvalue weighted by molar-refractivity contribution is 6.77. The second kappa shape index (κ2) is 10.6. The molecule has 0 N–H and O–H groups in total. The van der Waals surface area contributed by atoms with E-state index in [1.807, 2.05) is 6.07 Å². The van der Waals surface area contributed by atoms with E-state index in [1.54, 1.807) is 18.3 Å². The summed E-state index contributed by atoms with van der Waals surface area (Å²) in [5.41, 5.74) is 2.78. The highest BCUT2D eigenvalue weighted by atomic mass is 28.4. The standard InChI is InChI=1S/C27H37F2NO3Si/c1-16(2)34(17(3)4,18(5)6)33-24-14-13-21(20-10-8-12-23(28)25(20)29)27(32-19(7)31)22-11-9-15-30-26(22)24/h8-12,15-18,21,24,27H,13-14H2,1-7H3/t21?,24-,27?/m1/s1. The number of carbonyl (C=O) groups excluding carboxylic acids is 1. The Kier molecular flexibility index (Phi) is 8.29. The number of rotatable bonds is 7. The van der Waals surface area contributed by atoms with Crippen molar-refractivity contribution in [1.29, 1.82) is 0 Å². The van der Waals surface area contributed by atoms with E-state index in [4.69, 9.17) is 9.16 Å². The lowest BCUT2D eigenvalue weighted by atomic mass is 9.87. The van der Waals surface area contributed by atoms with E-state index >= 15 is 0 Å². The fourth-order valence-corrected chi connectivity index (χ4v) is 11.5. The van der Waals surface area contributed by atoms with E-state index in [2.05, 4.69) is 46.5 Å². The summed E-state index contributed by atoms with van der Waals surface area (Å²) in [6, 6.07) is 7.83. The van der Waals surface area contributed by atoms with Crippen molar-refractivity contribution in [2.75, 3.05) is 0 Å².